The monoisotopic (exact) mass is 465 g/mol. The summed E-state index contributed by atoms with van der Waals surface area (Å²) in [7, 11) is 30.9. The predicted octanol–water partition coefficient (Wildman–Crippen LogP) is 1.38. The summed E-state index contributed by atoms with van der Waals surface area (Å²) in [5.74, 6) is -0.565. The molecule has 3 aromatic heterocycles. The number of aromatic nitrogens is 6. The van der Waals surface area contributed by atoms with Crippen molar-refractivity contribution in [2.45, 2.75) is 16.4 Å². The Kier molecular flexibility index (Phi) is 5.77. The second-order valence-corrected chi connectivity index (χ2v) is 8.35. The van der Waals surface area contributed by atoms with E-state index in [-0.39, 0.29) is 22.5 Å². The van der Waals surface area contributed by atoms with E-state index in [1.807, 2.05) is 0 Å². The molecular weight excluding hydrogens is 451 g/mol. The highest BCUT2D eigenvalue weighted by molar-refractivity contribution is 6.67. The Hall–Kier alpha value is -3.82. The van der Waals surface area contributed by atoms with Crippen LogP contribution in [0.4, 0.5) is 10.2 Å². The number of rotatable bonds is 6. The van der Waals surface area contributed by atoms with Gasteiger partial charge >= 0.3 is 0 Å². The zero-order valence-electron chi connectivity index (χ0n) is 18.8. The maximum absolute atomic E-state index is 14.8. The van der Waals surface area contributed by atoms with Crippen molar-refractivity contribution in [3.05, 3.63) is 83.2 Å². The molecule has 0 saturated heterocycles. The van der Waals surface area contributed by atoms with Gasteiger partial charge < -0.3 is 10.3 Å². The summed E-state index contributed by atoms with van der Waals surface area (Å²) in [6.07, 6.45) is 2.69. The lowest BCUT2D eigenvalue weighted by Gasteiger charge is -2.48. The van der Waals surface area contributed by atoms with E-state index in [0.29, 0.717) is 16.9 Å². The number of nitrogens with zero attached hydrogens (tertiary/aromatic N) is 5. The van der Waals surface area contributed by atoms with Crippen LogP contribution >= 0.6 is 0 Å². The van der Waals surface area contributed by atoms with Crippen molar-refractivity contribution in [3.8, 4) is 5.69 Å². The van der Waals surface area contributed by atoms with Gasteiger partial charge in [0.25, 0.3) is 5.56 Å². The van der Waals surface area contributed by atoms with Crippen LogP contribution in [0, 0.1) is 5.82 Å². The van der Waals surface area contributed by atoms with Crippen LogP contribution in [0.3, 0.4) is 0 Å². The highest BCUT2D eigenvalue weighted by Gasteiger charge is 2.41. The summed E-state index contributed by atoms with van der Waals surface area (Å²) in [5, 5.41) is -1.48. The average molecular weight is 464 g/mol. The van der Waals surface area contributed by atoms with Crippen molar-refractivity contribution in [2.75, 3.05) is 5.32 Å². The normalized spacial score (nSPS) is 13.1. The smallest absolute Gasteiger partial charge is 0.269 e. The van der Waals surface area contributed by atoms with Gasteiger partial charge in [-0.25, -0.2) is 24.3 Å². The predicted molar refractivity (Wildman–Crippen MR) is 140 cm³/mol. The van der Waals surface area contributed by atoms with Crippen LogP contribution in [-0.2, 0) is 0 Å². The van der Waals surface area contributed by atoms with Gasteiger partial charge in [-0.2, -0.15) is 0 Å². The molecule has 2 N–H and O–H groups in total. The molecule has 36 heavy (non-hydrogen) atoms. The molecule has 3 heterocycles. The van der Waals surface area contributed by atoms with Gasteiger partial charge in [0.1, 0.15) is 28.9 Å². The topological polar surface area (TPSA) is 101 Å². The van der Waals surface area contributed by atoms with Crippen LogP contribution in [0.5, 0.6) is 0 Å². The maximum Gasteiger partial charge on any atom is 0.269 e. The van der Waals surface area contributed by atoms with Crippen molar-refractivity contribution in [2.24, 2.45) is 0 Å². The van der Waals surface area contributed by atoms with E-state index in [1.165, 1.54) is 35.4 Å². The summed E-state index contributed by atoms with van der Waals surface area (Å²) in [5.41, 5.74) is 0.488. The number of benzene rings is 2. The number of fused-ring (bicyclic) bond motifs is 2. The Morgan fingerprint density at radius 2 is 1.72 bits per heavy atom. The van der Waals surface area contributed by atoms with Gasteiger partial charge in [-0.05, 0) is 24.3 Å². The van der Waals surface area contributed by atoms with E-state index in [2.05, 4.69) is 30.2 Å². The van der Waals surface area contributed by atoms with Gasteiger partial charge in [0, 0.05) is 23.5 Å². The van der Waals surface area contributed by atoms with E-state index in [9.17, 15) is 9.18 Å². The van der Waals surface area contributed by atoms with E-state index in [0.717, 1.165) is 0 Å². The third kappa shape index (κ3) is 3.90. The average Bonchev–Trinajstić information content (AvgIpc) is 3.32. The summed E-state index contributed by atoms with van der Waals surface area (Å²) in [6.45, 7) is 0. The first-order chi connectivity index (χ1) is 17.1. The zero-order chi connectivity index (χ0) is 25.7. The molecule has 0 amide bonds. The molecule has 5 aromatic rings. The molecule has 0 saturated carbocycles. The zero-order valence-corrected chi connectivity index (χ0v) is 18.8. The first-order valence-corrected chi connectivity index (χ1v) is 10.7. The number of imidazole rings is 1. The quantitative estimate of drug-likeness (QED) is 0.368. The highest BCUT2D eigenvalue weighted by Crippen LogP contribution is 2.50. The number of anilines is 1. The largest absolute Gasteiger partial charge is 0.359 e. The second kappa shape index (κ2) is 8.69. The Morgan fingerprint density at radius 3 is 2.44 bits per heavy atom. The molecule has 14 heteroatoms. The second-order valence-electron chi connectivity index (χ2n) is 8.35. The lowest BCUT2D eigenvalue weighted by atomic mass is 9.21. The first kappa shape index (κ1) is 23.9. The Labute approximate surface area is 211 Å². The van der Waals surface area contributed by atoms with E-state index in [4.69, 9.17) is 39.2 Å². The number of hydrogen-bond donors (Lipinski definition) is 2. The minimum atomic E-state index is -2.18. The molecule has 0 aliphatic rings. The minimum Gasteiger partial charge on any atom is -0.359 e. The standard InChI is InChI=1S/C22H13B5FN7O/c23-21(24,22(25,26)27)16(34-18-15-17(30-9-29-15)31-10-32-18)19-33-13-8-4-7-12(28)14(13)20(36)35(19)11-5-2-1-3-6-11/h1-10,16H,(H2,29,30,31,32,34)/t16-/m1/s1. The molecule has 2 aromatic carbocycles. The van der Waals surface area contributed by atoms with E-state index < -0.39 is 27.7 Å². The number of hydrogen-bond acceptors (Lipinski definition) is 6. The molecule has 10 radical (unpaired) electrons. The first-order valence-electron chi connectivity index (χ1n) is 10.7. The molecule has 5 rings (SSSR count). The number of nitrogens with one attached hydrogen (secondary N) is 2. The van der Waals surface area contributed by atoms with Crippen LogP contribution in [0.2, 0.25) is 10.3 Å². The summed E-state index contributed by atoms with van der Waals surface area (Å²) in [4.78, 5) is 33.6. The molecule has 8 nitrogen and oxygen atoms in total. The SMILES string of the molecule is [B]C([B])([B])C([B])([B])[C@H](Nc1ncnc2nc[nH]c12)c1nc2cccc(F)c2c(=O)n1-c1ccccc1. The van der Waals surface area contributed by atoms with Crippen molar-refractivity contribution in [1.82, 2.24) is 29.5 Å². The van der Waals surface area contributed by atoms with Crippen LogP contribution in [-0.4, -0.2) is 68.7 Å². The fraction of sp³-hybridized carbons (Fsp3) is 0.136. The fourth-order valence-electron chi connectivity index (χ4n) is 3.89. The number of H-pyrrole nitrogens is 1. The molecular formula is C22H13B5FN7O. The summed E-state index contributed by atoms with van der Waals surface area (Å²) < 4.78 is 16.0. The van der Waals surface area contributed by atoms with Gasteiger partial charge in [0.05, 0.1) is 39.3 Å². The van der Waals surface area contributed by atoms with Gasteiger partial charge in [-0.15, -0.1) is 5.11 Å². The third-order valence-corrected chi connectivity index (χ3v) is 5.88. The Balaban J connectivity index is 1.85. The van der Waals surface area contributed by atoms with E-state index >= 15 is 0 Å². The molecule has 0 aliphatic heterocycles. The van der Waals surface area contributed by atoms with Crippen molar-refractivity contribution in [1.29, 1.82) is 0 Å². The molecule has 0 aliphatic carbocycles. The molecule has 0 fully saturated rings. The Morgan fingerprint density at radius 1 is 0.972 bits per heavy atom. The number of para-hydroxylation sites is 1. The lowest BCUT2D eigenvalue weighted by molar-refractivity contribution is 0.582. The van der Waals surface area contributed by atoms with E-state index in [1.54, 1.807) is 30.3 Å². The molecule has 0 spiro atoms. The van der Waals surface area contributed by atoms with Crippen LogP contribution in [0.15, 0.2) is 66.0 Å². The number of halogens is 1. The molecule has 164 valence electrons. The summed E-state index contributed by atoms with van der Waals surface area (Å²) in [6, 6.07) is 11.2. The maximum atomic E-state index is 14.8. The van der Waals surface area contributed by atoms with Crippen molar-refractivity contribution >= 4 is 67.1 Å². The summed E-state index contributed by atoms with van der Waals surface area (Å²) >= 11 is 0. The van der Waals surface area contributed by atoms with Gasteiger partial charge in [0.2, 0.25) is 0 Å². The Bertz CT molecular complexity index is 1640. The third-order valence-electron chi connectivity index (χ3n) is 5.88. The van der Waals surface area contributed by atoms with Crippen LogP contribution < -0.4 is 10.9 Å². The molecule has 1 atom stereocenters. The lowest BCUT2D eigenvalue weighted by Crippen LogP contribution is -2.43. The van der Waals surface area contributed by atoms with Gasteiger partial charge in [0.15, 0.2) is 11.5 Å². The van der Waals surface area contributed by atoms with Crippen molar-refractivity contribution in [3.63, 3.8) is 0 Å². The fourth-order valence-corrected chi connectivity index (χ4v) is 3.89. The molecule has 0 unspecified atom stereocenters. The molecule has 0 bridgehead atoms. The minimum absolute atomic E-state index is 0.0358. The van der Waals surface area contributed by atoms with Gasteiger partial charge in [-0.1, -0.05) is 29.5 Å². The highest BCUT2D eigenvalue weighted by atomic mass is 19.1. The van der Waals surface area contributed by atoms with Crippen LogP contribution in [0.25, 0.3) is 27.8 Å². The van der Waals surface area contributed by atoms with Crippen LogP contribution in [0.1, 0.15) is 11.9 Å². The van der Waals surface area contributed by atoms with Crippen molar-refractivity contribution < 1.29 is 4.39 Å². The van der Waals surface area contributed by atoms with Gasteiger partial charge in [-0.3, -0.25) is 9.36 Å². The number of aromatic amines is 1.